The highest BCUT2D eigenvalue weighted by Gasteiger charge is 2.54. The van der Waals surface area contributed by atoms with Gasteiger partial charge in [-0.25, -0.2) is 0 Å². The molecule has 3 unspecified atom stereocenters. The van der Waals surface area contributed by atoms with Crippen molar-refractivity contribution in [2.24, 2.45) is 22.9 Å². The highest BCUT2D eigenvalue weighted by molar-refractivity contribution is 5.80. The number of nitrogens with one attached hydrogen (secondary N) is 2. The standard InChI is InChI=1S/C25H48N6O13/c1-30-14-17(36)21-11(40-24(14)44-25-19(38)16(35)13(29)12(6-32)41-25)5-8(28)23(43-21)42-20-7(27)4-9(15(34)18(20)37)31-22(39)10(33)2-3-26/h7-21,23-25,30,32-38H,2-6,26-29H2,1H3,(H,31,39)/t7-,8+,9+,10?,11?,12+,13+,14-,15-,16-,17+,18-,19+,20+,21?,23-,24+,25+/m0/s1. The molecule has 0 radical (unpaired) electrons. The minimum absolute atomic E-state index is 0.00357. The van der Waals surface area contributed by atoms with Crippen molar-refractivity contribution in [3.05, 3.63) is 0 Å². The molecule has 0 aromatic heterocycles. The number of aliphatic hydroxyl groups excluding tert-OH is 7. The summed E-state index contributed by atoms with van der Waals surface area (Å²) < 4.78 is 29.3. The monoisotopic (exact) mass is 640 g/mol. The van der Waals surface area contributed by atoms with Gasteiger partial charge in [0.15, 0.2) is 18.9 Å². The van der Waals surface area contributed by atoms with E-state index in [0.717, 1.165) is 0 Å². The van der Waals surface area contributed by atoms with Crippen LogP contribution in [0.2, 0.25) is 0 Å². The molecule has 19 heteroatoms. The van der Waals surface area contributed by atoms with Gasteiger partial charge in [0, 0.05) is 6.04 Å². The number of hydrogen-bond acceptors (Lipinski definition) is 18. The number of aliphatic hydroxyl groups is 7. The van der Waals surface area contributed by atoms with Crippen LogP contribution >= 0.6 is 0 Å². The van der Waals surface area contributed by atoms with Crippen LogP contribution in [0, 0.1) is 0 Å². The topological polar surface area (TPSA) is 333 Å². The number of carbonyl (C=O) groups excluding carboxylic acids is 1. The average molecular weight is 641 g/mol. The van der Waals surface area contributed by atoms with Gasteiger partial charge in [0.25, 0.3) is 0 Å². The molecule has 44 heavy (non-hydrogen) atoms. The first-order valence-corrected chi connectivity index (χ1v) is 14.7. The maximum atomic E-state index is 12.2. The molecule has 4 fully saturated rings. The predicted octanol–water partition coefficient (Wildman–Crippen LogP) is -8.08. The predicted molar refractivity (Wildman–Crippen MR) is 147 cm³/mol. The number of likely N-dealkylation sites (N-methyl/N-ethyl adjacent to an activating group) is 1. The number of fused-ring (bicyclic) bond motifs is 1. The number of hydrogen-bond donors (Lipinski definition) is 13. The molecular weight excluding hydrogens is 592 g/mol. The third kappa shape index (κ3) is 7.34. The lowest BCUT2D eigenvalue weighted by Crippen LogP contribution is -2.70. The van der Waals surface area contributed by atoms with Gasteiger partial charge in [-0.2, -0.15) is 0 Å². The zero-order valence-electron chi connectivity index (χ0n) is 24.3. The molecular formula is C25H48N6O13. The Bertz CT molecular complexity index is 941. The van der Waals surface area contributed by atoms with Gasteiger partial charge >= 0.3 is 0 Å². The van der Waals surface area contributed by atoms with E-state index >= 15 is 0 Å². The summed E-state index contributed by atoms with van der Waals surface area (Å²) >= 11 is 0. The molecule has 3 heterocycles. The lowest BCUT2D eigenvalue weighted by Gasteiger charge is -2.51. The third-order valence-corrected chi connectivity index (χ3v) is 8.77. The number of carbonyl (C=O) groups is 1. The van der Waals surface area contributed by atoms with Crippen LogP contribution < -0.4 is 33.6 Å². The Labute approximate surface area is 253 Å². The molecule has 256 valence electrons. The normalized spacial score (nSPS) is 48.8. The van der Waals surface area contributed by atoms with Crippen LogP contribution in [0.1, 0.15) is 19.3 Å². The fraction of sp³-hybridized carbons (Fsp3) is 0.960. The molecule has 19 nitrogen and oxygen atoms in total. The van der Waals surface area contributed by atoms with Gasteiger partial charge in [0.2, 0.25) is 5.91 Å². The Morgan fingerprint density at radius 3 is 2.23 bits per heavy atom. The van der Waals surface area contributed by atoms with Gasteiger partial charge in [-0.1, -0.05) is 0 Å². The number of nitrogens with two attached hydrogens (primary N) is 4. The highest BCUT2D eigenvalue weighted by atomic mass is 16.8. The zero-order valence-corrected chi connectivity index (χ0v) is 24.3. The fourth-order valence-electron chi connectivity index (χ4n) is 6.13. The van der Waals surface area contributed by atoms with E-state index in [0.29, 0.717) is 0 Å². The van der Waals surface area contributed by atoms with Crippen LogP contribution in [0.4, 0.5) is 0 Å². The highest BCUT2D eigenvalue weighted by Crippen LogP contribution is 2.35. The third-order valence-electron chi connectivity index (χ3n) is 8.77. The van der Waals surface area contributed by atoms with Crippen molar-refractivity contribution in [2.45, 2.75) is 129 Å². The van der Waals surface area contributed by atoms with Crippen molar-refractivity contribution in [3.63, 3.8) is 0 Å². The van der Waals surface area contributed by atoms with Crippen molar-refractivity contribution < 1.29 is 64.2 Å². The van der Waals surface area contributed by atoms with Crippen molar-refractivity contribution in [1.29, 1.82) is 0 Å². The minimum Gasteiger partial charge on any atom is -0.394 e. The Hall–Kier alpha value is -1.21. The van der Waals surface area contributed by atoms with E-state index in [1.165, 1.54) is 7.05 Å². The Balaban J connectivity index is 1.39. The SMILES string of the molecule is CN[C@@H]1[C@@H](O[C@H]2O[C@H](CO)[C@@H](N)[C@H](O)[C@H]2O)OC2C[C@@H](N)[C@@H](O[C@H]3[C@@H](O)[C@@H](O)[C@H](NC(=O)C(O)CCN)C[C@@H]3N)OC2[C@@H]1O. The summed E-state index contributed by atoms with van der Waals surface area (Å²) in [6.45, 7) is -0.457. The molecule has 0 bridgehead atoms. The van der Waals surface area contributed by atoms with Gasteiger partial charge in [-0.15, -0.1) is 0 Å². The van der Waals surface area contributed by atoms with Crippen LogP contribution in [0.25, 0.3) is 0 Å². The molecule has 18 atom stereocenters. The molecule has 1 saturated carbocycles. The average Bonchev–Trinajstić information content (AvgIpc) is 2.98. The second-order valence-electron chi connectivity index (χ2n) is 11.8. The van der Waals surface area contributed by atoms with E-state index in [-0.39, 0.29) is 25.8 Å². The summed E-state index contributed by atoms with van der Waals surface area (Å²) in [5.74, 6) is -0.757. The molecule has 1 aliphatic carbocycles. The van der Waals surface area contributed by atoms with E-state index < -0.39 is 123 Å². The zero-order chi connectivity index (χ0) is 32.5. The number of rotatable bonds is 10. The summed E-state index contributed by atoms with van der Waals surface area (Å²) in [7, 11) is 1.53. The van der Waals surface area contributed by atoms with Crippen LogP contribution in [-0.4, -0.2) is 172 Å². The smallest absolute Gasteiger partial charge is 0.249 e. The van der Waals surface area contributed by atoms with Crippen LogP contribution in [0.3, 0.4) is 0 Å². The van der Waals surface area contributed by atoms with Gasteiger partial charge in [-0.05, 0) is 32.9 Å². The Morgan fingerprint density at radius 2 is 1.59 bits per heavy atom. The largest absolute Gasteiger partial charge is 0.394 e. The molecule has 17 N–H and O–H groups in total. The first-order chi connectivity index (χ1) is 20.8. The second-order valence-corrected chi connectivity index (χ2v) is 11.8. The van der Waals surface area contributed by atoms with Gasteiger partial charge in [0.1, 0.15) is 54.9 Å². The molecule has 3 aliphatic heterocycles. The minimum atomic E-state index is -1.57. The van der Waals surface area contributed by atoms with E-state index in [4.69, 9.17) is 46.6 Å². The molecule has 0 spiro atoms. The van der Waals surface area contributed by atoms with E-state index in [1.807, 2.05) is 0 Å². The molecule has 4 rings (SSSR count). The summed E-state index contributed by atoms with van der Waals surface area (Å²) in [6, 6.07) is -4.71. The summed E-state index contributed by atoms with van der Waals surface area (Å²) in [4.78, 5) is 12.2. The molecule has 0 aromatic carbocycles. The summed E-state index contributed by atoms with van der Waals surface area (Å²) in [6.07, 6.45) is -16.5. The molecule has 0 aromatic rings. The van der Waals surface area contributed by atoms with Crippen LogP contribution in [0.5, 0.6) is 0 Å². The Morgan fingerprint density at radius 1 is 0.886 bits per heavy atom. The Kier molecular flexibility index (Phi) is 12.3. The molecule has 3 saturated heterocycles. The maximum Gasteiger partial charge on any atom is 0.249 e. The van der Waals surface area contributed by atoms with Crippen molar-refractivity contribution in [2.75, 3.05) is 20.2 Å². The fourth-order valence-corrected chi connectivity index (χ4v) is 6.13. The number of ether oxygens (including phenoxy) is 5. The lowest BCUT2D eigenvalue weighted by atomic mass is 9.83. The van der Waals surface area contributed by atoms with Gasteiger partial charge in [-0.3, -0.25) is 4.79 Å². The van der Waals surface area contributed by atoms with E-state index in [2.05, 4.69) is 10.6 Å². The first kappa shape index (κ1) is 35.6. The second kappa shape index (κ2) is 15.1. The van der Waals surface area contributed by atoms with Crippen LogP contribution in [-0.2, 0) is 28.5 Å². The lowest BCUT2D eigenvalue weighted by molar-refractivity contribution is -0.373. The summed E-state index contributed by atoms with van der Waals surface area (Å²) in [5.41, 5.74) is 23.8. The molecule has 1 amide bonds. The maximum absolute atomic E-state index is 12.2. The number of amides is 1. The van der Waals surface area contributed by atoms with Crippen molar-refractivity contribution in [3.8, 4) is 0 Å². The summed E-state index contributed by atoms with van der Waals surface area (Å²) in [5, 5.41) is 78.3. The first-order valence-electron chi connectivity index (χ1n) is 14.7. The van der Waals surface area contributed by atoms with Crippen molar-refractivity contribution >= 4 is 5.91 Å². The van der Waals surface area contributed by atoms with E-state index in [1.54, 1.807) is 0 Å². The van der Waals surface area contributed by atoms with Gasteiger partial charge < -0.3 is 93.0 Å². The van der Waals surface area contributed by atoms with Gasteiger partial charge in [0.05, 0.1) is 36.9 Å². The molecule has 4 aliphatic rings. The quantitative estimate of drug-likeness (QED) is 0.105. The van der Waals surface area contributed by atoms with Crippen LogP contribution in [0.15, 0.2) is 0 Å². The van der Waals surface area contributed by atoms with E-state index in [9.17, 15) is 40.5 Å². The van der Waals surface area contributed by atoms with Crippen molar-refractivity contribution in [1.82, 2.24) is 10.6 Å².